The molecular weight excluding hydrogens is 284 g/mol. The van der Waals surface area contributed by atoms with E-state index >= 15 is 0 Å². The second-order valence-corrected chi connectivity index (χ2v) is 5.49. The lowest BCUT2D eigenvalue weighted by Gasteiger charge is -2.20. The predicted octanol–water partition coefficient (Wildman–Crippen LogP) is 2.90. The Kier molecular flexibility index (Phi) is 6.07. The summed E-state index contributed by atoms with van der Waals surface area (Å²) in [6.45, 7) is 2.69. The topological polar surface area (TPSA) is 38.0 Å². The van der Waals surface area contributed by atoms with Crippen molar-refractivity contribution in [3.05, 3.63) is 20.8 Å². The fraction of sp³-hybridized carbons (Fsp3) is 0.500. The zero-order valence-electron chi connectivity index (χ0n) is 9.37. The molecule has 0 amide bonds. The molecule has 1 heterocycles. The van der Waals surface area contributed by atoms with Crippen LogP contribution in [0, 0.1) is 12.3 Å². The highest BCUT2D eigenvalue weighted by Crippen LogP contribution is 2.25. The summed E-state index contributed by atoms with van der Waals surface area (Å²) in [6.07, 6.45) is 7.55. The quantitative estimate of drug-likeness (QED) is 0.793. The fourth-order valence-electron chi connectivity index (χ4n) is 1.52. The molecule has 0 aliphatic heterocycles. The Morgan fingerprint density at radius 2 is 2.44 bits per heavy atom. The zero-order valence-corrected chi connectivity index (χ0v) is 11.8. The molecule has 2 nitrogen and oxygen atoms in total. The van der Waals surface area contributed by atoms with Crippen LogP contribution in [0.5, 0.6) is 0 Å². The van der Waals surface area contributed by atoms with Crippen molar-refractivity contribution >= 4 is 27.3 Å². The molecule has 0 bridgehead atoms. The Bertz CT molecular complexity index is 356. The van der Waals surface area contributed by atoms with Gasteiger partial charge in [-0.05, 0) is 28.4 Å². The molecule has 3 N–H and O–H groups in total. The van der Waals surface area contributed by atoms with Crippen molar-refractivity contribution in [1.82, 2.24) is 5.32 Å². The molecule has 88 valence electrons. The van der Waals surface area contributed by atoms with Crippen molar-refractivity contribution in [2.75, 3.05) is 6.54 Å². The molecule has 0 radical (unpaired) electrons. The normalized spacial score (nSPS) is 14.4. The van der Waals surface area contributed by atoms with Crippen LogP contribution in [0.25, 0.3) is 0 Å². The van der Waals surface area contributed by atoms with E-state index in [1.54, 1.807) is 11.3 Å². The molecule has 0 saturated heterocycles. The summed E-state index contributed by atoms with van der Waals surface area (Å²) < 4.78 is 1.10. The van der Waals surface area contributed by atoms with Crippen LogP contribution in [0.15, 0.2) is 15.9 Å². The summed E-state index contributed by atoms with van der Waals surface area (Å²) in [5.74, 6) is 2.77. The number of thiophene rings is 1. The first-order valence-electron chi connectivity index (χ1n) is 5.37. The Morgan fingerprint density at radius 3 is 2.88 bits per heavy atom. The van der Waals surface area contributed by atoms with Gasteiger partial charge in [-0.2, -0.15) is 0 Å². The van der Waals surface area contributed by atoms with Crippen molar-refractivity contribution in [3.8, 4) is 12.3 Å². The monoisotopic (exact) mass is 300 g/mol. The number of nitrogens with one attached hydrogen (secondary N) is 1. The van der Waals surface area contributed by atoms with E-state index in [0.29, 0.717) is 6.54 Å². The first kappa shape index (κ1) is 13.7. The molecule has 0 aliphatic carbocycles. The van der Waals surface area contributed by atoms with Gasteiger partial charge in [-0.15, -0.1) is 17.8 Å². The highest BCUT2D eigenvalue weighted by Gasteiger charge is 2.15. The van der Waals surface area contributed by atoms with Crippen molar-refractivity contribution in [1.29, 1.82) is 0 Å². The zero-order chi connectivity index (χ0) is 12.0. The van der Waals surface area contributed by atoms with Gasteiger partial charge in [0.25, 0.3) is 0 Å². The molecule has 0 spiro atoms. The molecule has 0 saturated carbocycles. The third kappa shape index (κ3) is 3.91. The second kappa shape index (κ2) is 7.08. The summed E-state index contributed by atoms with van der Waals surface area (Å²) in [5.41, 5.74) is 5.77. The SMILES string of the molecule is C#CC(CCC)NC(CN)c1cc(Br)cs1. The summed E-state index contributed by atoms with van der Waals surface area (Å²) >= 11 is 5.14. The lowest BCUT2D eigenvalue weighted by molar-refractivity contribution is 0.480. The third-order valence-corrected chi connectivity index (χ3v) is 4.15. The lowest BCUT2D eigenvalue weighted by Crippen LogP contribution is -2.35. The molecule has 1 rings (SSSR count). The van der Waals surface area contributed by atoms with Gasteiger partial charge in [0, 0.05) is 21.3 Å². The van der Waals surface area contributed by atoms with Gasteiger partial charge in [0.2, 0.25) is 0 Å². The van der Waals surface area contributed by atoms with Crippen LogP contribution in [0.2, 0.25) is 0 Å². The standard InChI is InChI=1S/C12H17BrN2S/c1-3-5-10(4-2)15-11(7-14)12-6-9(13)8-16-12/h2,6,8,10-11,15H,3,5,7,14H2,1H3. The van der Waals surface area contributed by atoms with E-state index in [1.165, 1.54) is 4.88 Å². The van der Waals surface area contributed by atoms with E-state index in [2.05, 4.69) is 45.5 Å². The van der Waals surface area contributed by atoms with Crippen LogP contribution >= 0.6 is 27.3 Å². The number of rotatable bonds is 6. The van der Waals surface area contributed by atoms with Gasteiger partial charge >= 0.3 is 0 Å². The summed E-state index contributed by atoms with van der Waals surface area (Å²) in [4.78, 5) is 1.23. The van der Waals surface area contributed by atoms with Crippen molar-refractivity contribution in [3.63, 3.8) is 0 Å². The number of terminal acetylenes is 1. The third-order valence-electron chi connectivity index (χ3n) is 2.35. The van der Waals surface area contributed by atoms with E-state index in [9.17, 15) is 0 Å². The molecule has 2 unspecified atom stereocenters. The molecule has 2 atom stereocenters. The first-order chi connectivity index (χ1) is 7.71. The molecule has 16 heavy (non-hydrogen) atoms. The minimum absolute atomic E-state index is 0.111. The minimum atomic E-state index is 0.111. The maximum Gasteiger partial charge on any atom is 0.0692 e. The van der Waals surface area contributed by atoms with Gasteiger partial charge in [-0.1, -0.05) is 19.3 Å². The number of nitrogens with two attached hydrogens (primary N) is 1. The van der Waals surface area contributed by atoms with E-state index in [1.807, 2.05) is 0 Å². The Labute approximate surface area is 110 Å². The van der Waals surface area contributed by atoms with E-state index in [4.69, 9.17) is 12.2 Å². The highest BCUT2D eigenvalue weighted by molar-refractivity contribution is 9.10. The number of halogens is 1. The van der Waals surface area contributed by atoms with Gasteiger partial charge in [-0.25, -0.2) is 0 Å². The molecular formula is C12H17BrN2S. The van der Waals surface area contributed by atoms with E-state index in [0.717, 1.165) is 17.3 Å². The lowest BCUT2D eigenvalue weighted by atomic mass is 10.1. The van der Waals surface area contributed by atoms with Crippen LogP contribution in [0.4, 0.5) is 0 Å². The Morgan fingerprint density at radius 1 is 1.69 bits per heavy atom. The molecule has 0 aliphatic rings. The maximum absolute atomic E-state index is 5.77. The predicted molar refractivity (Wildman–Crippen MR) is 74.5 cm³/mol. The van der Waals surface area contributed by atoms with E-state index < -0.39 is 0 Å². The average Bonchev–Trinajstić information content (AvgIpc) is 2.71. The smallest absolute Gasteiger partial charge is 0.0692 e. The van der Waals surface area contributed by atoms with Crippen LogP contribution in [-0.2, 0) is 0 Å². The first-order valence-corrected chi connectivity index (χ1v) is 7.04. The minimum Gasteiger partial charge on any atom is -0.329 e. The van der Waals surface area contributed by atoms with Crippen LogP contribution < -0.4 is 11.1 Å². The average molecular weight is 301 g/mol. The van der Waals surface area contributed by atoms with Crippen LogP contribution in [-0.4, -0.2) is 12.6 Å². The largest absolute Gasteiger partial charge is 0.329 e. The van der Waals surface area contributed by atoms with Gasteiger partial charge < -0.3 is 5.73 Å². The van der Waals surface area contributed by atoms with Crippen molar-refractivity contribution < 1.29 is 0 Å². The molecule has 1 aromatic rings. The summed E-state index contributed by atoms with van der Waals surface area (Å²) in [6, 6.07) is 2.36. The number of hydrogen-bond acceptors (Lipinski definition) is 3. The summed E-state index contributed by atoms with van der Waals surface area (Å²) in [5, 5.41) is 5.47. The van der Waals surface area contributed by atoms with Crippen LogP contribution in [0.1, 0.15) is 30.7 Å². The number of hydrogen-bond donors (Lipinski definition) is 2. The maximum atomic E-state index is 5.77. The molecule has 0 aromatic carbocycles. The van der Waals surface area contributed by atoms with Crippen LogP contribution in [0.3, 0.4) is 0 Å². The fourth-order valence-corrected chi connectivity index (χ4v) is 3.04. The van der Waals surface area contributed by atoms with E-state index in [-0.39, 0.29) is 12.1 Å². The Hall–Kier alpha value is -0.340. The van der Waals surface area contributed by atoms with Crippen molar-refractivity contribution in [2.24, 2.45) is 5.73 Å². The second-order valence-electron chi connectivity index (χ2n) is 3.63. The molecule has 1 aromatic heterocycles. The van der Waals surface area contributed by atoms with Gasteiger partial charge in [0.05, 0.1) is 12.1 Å². The van der Waals surface area contributed by atoms with Gasteiger partial charge in [0.15, 0.2) is 0 Å². The summed E-state index contributed by atoms with van der Waals surface area (Å²) in [7, 11) is 0. The van der Waals surface area contributed by atoms with Gasteiger partial charge in [-0.3, -0.25) is 5.32 Å². The molecule has 0 fully saturated rings. The van der Waals surface area contributed by atoms with Crippen molar-refractivity contribution in [2.45, 2.75) is 31.8 Å². The Balaban J connectivity index is 2.65. The van der Waals surface area contributed by atoms with Gasteiger partial charge in [0.1, 0.15) is 0 Å². The molecule has 4 heteroatoms. The highest BCUT2D eigenvalue weighted by atomic mass is 79.9.